The van der Waals surface area contributed by atoms with Crippen LogP contribution < -0.4 is 5.32 Å². The number of rotatable bonds is 8. The van der Waals surface area contributed by atoms with E-state index in [2.05, 4.69) is 19.2 Å². The summed E-state index contributed by atoms with van der Waals surface area (Å²) in [4.78, 5) is 11.0. The smallest absolute Gasteiger partial charge is 0.308 e. The average Bonchev–Trinajstić information content (AvgIpc) is 2.14. The summed E-state index contributed by atoms with van der Waals surface area (Å²) in [6.07, 6.45) is 3.74. The molecule has 0 spiro atoms. The van der Waals surface area contributed by atoms with E-state index in [9.17, 15) is 4.79 Å². The molecule has 0 saturated carbocycles. The van der Waals surface area contributed by atoms with E-state index in [0.717, 1.165) is 25.8 Å². The molecular weight excluding hydrogens is 178 g/mol. The minimum atomic E-state index is -0.672. The molecule has 0 aromatic carbocycles. The molecular formula is C11H23NO2. The maximum absolute atomic E-state index is 11.0. The summed E-state index contributed by atoms with van der Waals surface area (Å²) in [6, 6.07) is 0.141. The van der Waals surface area contributed by atoms with Gasteiger partial charge in [-0.05, 0) is 25.8 Å². The lowest BCUT2D eigenvalue weighted by Crippen LogP contribution is -2.40. The van der Waals surface area contributed by atoms with E-state index in [1.54, 1.807) is 0 Å². The maximum Gasteiger partial charge on any atom is 0.308 e. The van der Waals surface area contributed by atoms with Crippen molar-refractivity contribution in [3.05, 3.63) is 0 Å². The highest BCUT2D eigenvalue weighted by atomic mass is 16.4. The first-order valence-electron chi connectivity index (χ1n) is 5.63. The Labute approximate surface area is 86.9 Å². The van der Waals surface area contributed by atoms with Gasteiger partial charge in [0.25, 0.3) is 0 Å². The van der Waals surface area contributed by atoms with Gasteiger partial charge in [0.15, 0.2) is 0 Å². The van der Waals surface area contributed by atoms with Crippen LogP contribution >= 0.6 is 0 Å². The highest BCUT2D eigenvalue weighted by molar-refractivity contribution is 5.70. The zero-order chi connectivity index (χ0) is 11.0. The molecule has 84 valence electrons. The molecule has 0 rings (SSSR count). The first-order valence-corrected chi connectivity index (χ1v) is 5.63. The fourth-order valence-electron chi connectivity index (χ4n) is 1.72. The van der Waals surface area contributed by atoms with Crippen molar-refractivity contribution in [3.63, 3.8) is 0 Å². The number of carboxylic acids is 1. The van der Waals surface area contributed by atoms with Crippen molar-refractivity contribution >= 4 is 5.97 Å². The monoisotopic (exact) mass is 201 g/mol. The third-order valence-corrected chi connectivity index (χ3v) is 2.50. The van der Waals surface area contributed by atoms with Crippen LogP contribution in [0.4, 0.5) is 0 Å². The summed E-state index contributed by atoms with van der Waals surface area (Å²) < 4.78 is 0. The normalized spacial score (nSPS) is 15.1. The lowest BCUT2D eigenvalue weighted by molar-refractivity contribution is -0.143. The Bertz CT molecular complexity index is 159. The van der Waals surface area contributed by atoms with Crippen LogP contribution in [0, 0.1) is 5.92 Å². The van der Waals surface area contributed by atoms with E-state index >= 15 is 0 Å². The van der Waals surface area contributed by atoms with Crippen LogP contribution in [0.5, 0.6) is 0 Å². The Kier molecular flexibility index (Phi) is 7.48. The molecule has 0 bridgehead atoms. The highest BCUT2D eigenvalue weighted by Crippen LogP contribution is 2.14. The SMILES string of the molecule is CCCNC(CCC)C(CC)C(=O)O. The Morgan fingerprint density at radius 1 is 1.29 bits per heavy atom. The second-order valence-electron chi connectivity index (χ2n) is 3.70. The van der Waals surface area contributed by atoms with Crippen molar-refractivity contribution in [2.45, 2.75) is 52.5 Å². The minimum Gasteiger partial charge on any atom is -0.481 e. The van der Waals surface area contributed by atoms with Crippen molar-refractivity contribution in [1.82, 2.24) is 5.32 Å². The third-order valence-electron chi connectivity index (χ3n) is 2.50. The van der Waals surface area contributed by atoms with Gasteiger partial charge in [0.2, 0.25) is 0 Å². The molecule has 0 fully saturated rings. The van der Waals surface area contributed by atoms with Gasteiger partial charge in [-0.15, -0.1) is 0 Å². The summed E-state index contributed by atoms with van der Waals surface area (Å²) in [7, 11) is 0. The number of carboxylic acid groups (broad SMARTS) is 1. The predicted octanol–water partition coefficient (Wildman–Crippen LogP) is 2.27. The topological polar surface area (TPSA) is 49.3 Å². The Balaban J connectivity index is 4.19. The number of hydrogen-bond acceptors (Lipinski definition) is 2. The summed E-state index contributed by atoms with van der Waals surface area (Å²) in [6.45, 7) is 7.04. The zero-order valence-corrected chi connectivity index (χ0v) is 9.55. The molecule has 0 aromatic heterocycles. The summed E-state index contributed by atoms with van der Waals surface area (Å²) in [5.41, 5.74) is 0. The van der Waals surface area contributed by atoms with Crippen molar-refractivity contribution in [2.75, 3.05) is 6.54 Å². The molecule has 0 radical (unpaired) electrons. The average molecular weight is 201 g/mol. The van der Waals surface area contributed by atoms with E-state index in [1.807, 2.05) is 6.92 Å². The molecule has 3 heteroatoms. The highest BCUT2D eigenvalue weighted by Gasteiger charge is 2.24. The molecule has 0 aliphatic rings. The fraction of sp³-hybridized carbons (Fsp3) is 0.909. The molecule has 0 heterocycles. The Morgan fingerprint density at radius 3 is 2.29 bits per heavy atom. The van der Waals surface area contributed by atoms with Gasteiger partial charge in [-0.25, -0.2) is 0 Å². The molecule has 3 nitrogen and oxygen atoms in total. The maximum atomic E-state index is 11.0. The van der Waals surface area contributed by atoms with Gasteiger partial charge in [-0.2, -0.15) is 0 Å². The van der Waals surface area contributed by atoms with Gasteiger partial charge in [-0.3, -0.25) is 4.79 Å². The van der Waals surface area contributed by atoms with E-state index < -0.39 is 5.97 Å². The van der Waals surface area contributed by atoms with E-state index in [1.165, 1.54) is 0 Å². The fourth-order valence-corrected chi connectivity index (χ4v) is 1.72. The van der Waals surface area contributed by atoms with Gasteiger partial charge in [0, 0.05) is 6.04 Å². The molecule has 2 unspecified atom stereocenters. The second-order valence-corrected chi connectivity index (χ2v) is 3.70. The van der Waals surface area contributed by atoms with Crippen LogP contribution in [0.3, 0.4) is 0 Å². The van der Waals surface area contributed by atoms with E-state index in [-0.39, 0.29) is 12.0 Å². The minimum absolute atomic E-state index is 0.141. The van der Waals surface area contributed by atoms with Crippen LogP contribution in [0.2, 0.25) is 0 Å². The molecule has 0 amide bonds. The van der Waals surface area contributed by atoms with E-state index in [4.69, 9.17) is 5.11 Å². The summed E-state index contributed by atoms with van der Waals surface area (Å²) in [5.74, 6) is -0.906. The number of carbonyl (C=O) groups is 1. The van der Waals surface area contributed by atoms with Crippen LogP contribution in [0.1, 0.15) is 46.5 Å². The standard InChI is InChI=1S/C11H23NO2/c1-4-7-10(12-8-5-2)9(6-3)11(13)14/h9-10,12H,4-8H2,1-3H3,(H,13,14). The predicted molar refractivity (Wildman–Crippen MR) is 58.4 cm³/mol. The van der Waals surface area contributed by atoms with Crippen LogP contribution in [-0.2, 0) is 4.79 Å². The van der Waals surface area contributed by atoms with E-state index in [0.29, 0.717) is 6.42 Å². The second kappa shape index (κ2) is 7.80. The third kappa shape index (κ3) is 4.61. The van der Waals surface area contributed by atoms with Gasteiger partial charge in [0.1, 0.15) is 0 Å². The largest absolute Gasteiger partial charge is 0.481 e. The van der Waals surface area contributed by atoms with Crippen LogP contribution in [0.25, 0.3) is 0 Å². The number of hydrogen-bond donors (Lipinski definition) is 2. The van der Waals surface area contributed by atoms with Crippen molar-refractivity contribution in [1.29, 1.82) is 0 Å². The van der Waals surface area contributed by atoms with Crippen molar-refractivity contribution < 1.29 is 9.90 Å². The Hall–Kier alpha value is -0.570. The number of nitrogens with one attached hydrogen (secondary N) is 1. The van der Waals surface area contributed by atoms with Crippen molar-refractivity contribution in [2.24, 2.45) is 5.92 Å². The van der Waals surface area contributed by atoms with Crippen LogP contribution in [0.15, 0.2) is 0 Å². The van der Waals surface area contributed by atoms with Gasteiger partial charge in [-0.1, -0.05) is 27.2 Å². The van der Waals surface area contributed by atoms with Crippen LogP contribution in [-0.4, -0.2) is 23.7 Å². The van der Waals surface area contributed by atoms with Gasteiger partial charge < -0.3 is 10.4 Å². The molecule has 0 aliphatic carbocycles. The summed E-state index contributed by atoms with van der Waals surface area (Å²) >= 11 is 0. The molecule has 14 heavy (non-hydrogen) atoms. The molecule has 0 saturated heterocycles. The first-order chi connectivity index (χ1) is 6.67. The number of aliphatic carboxylic acids is 1. The Morgan fingerprint density at radius 2 is 1.93 bits per heavy atom. The lowest BCUT2D eigenvalue weighted by Gasteiger charge is -2.23. The molecule has 2 atom stereocenters. The zero-order valence-electron chi connectivity index (χ0n) is 9.55. The van der Waals surface area contributed by atoms with Crippen molar-refractivity contribution in [3.8, 4) is 0 Å². The molecule has 0 aromatic rings. The molecule has 2 N–H and O–H groups in total. The first kappa shape index (κ1) is 13.4. The summed E-state index contributed by atoms with van der Waals surface area (Å²) in [5, 5.41) is 12.4. The quantitative estimate of drug-likeness (QED) is 0.633. The lowest BCUT2D eigenvalue weighted by atomic mass is 9.93. The molecule has 0 aliphatic heterocycles. The van der Waals surface area contributed by atoms with Gasteiger partial charge >= 0.3 is 5.97 Å². The van der Waals surface area contributed by atoms with Gasteiger partial charge in [0.05, 0.1) is 5.92 Å².